The number of carbonyl (C=O) groups excluding carboxylic acids is 1. The molecule has 2 aromatic carbocycles. The number of ether oxygens (including phenoxy) is 1. The van der Waals surface area contributed by atoms with Gasteiger partial charge in [-0.2, -0.15) is 18.2 Å². The van der Waals surface area contributed by atoms with Crippen LogP contribution >= 0.6 is 0 Å². The summed E-state index contributed by atoms with van der Waals surface area (Å²) < 4.78 is 47.5. The number of likely N-dealkylation sites (tertiary alicyclic amines) is 1. The number of hydrogen-bond donors (Lipinski definition) is 4. The number of aliphatic hydroxyl groups excluding tert-OH is 1. The summed E-state index contributed by atoms with van der Waals surface area (Å²) in [4.78, 5) is 25.3. The second-order valence-corrected chi connectivity index (χ2v) is 12.4. The average Bonchev–Trinajstić information content (AvgIpc) is 3.55. The number of amides is 1. The maximum Gasteiger partial charge on any atom is 0.421 e. The third kappa shape index (κ3) is 6.23. The van der Waals surface area contributed by atoms with Crippen molar-refractivity contribution in [3.8, 4) is 5.75 Å². The van der Waals surface area contributed by atoms with Crippen LogP contribution in [0, 0.1) is 0 Å². The lowest BCUT2D eigenvalue weighted by atomic mass is 9.83. The van der Waals surface area contributed by atoms with Crippen LogP contribution in [0.2, 0.25) is 0 Å². The Morgan fingerprint density at radius 1 is 1.13 bits per heavy atom. The number of alkyl halides is 3. The van der Waals surface area contributed by atoms with Gasteiger partial charge in [0.15, 0.2) is 0 Å². The van der Waals surface area contributed by atoms with Gasteiger partial charge in [-0.15, -0.1) is 0 Å². The van der Waals surface area contributed by atoms with E-state index in [1.165, 1.54) is 7.11 Å². The molecule has 0 bridgehead atoms. The predicted octanol–water partition coefficient (Wildman–Crippen LogP) is 5.12. The molecule has 240 valence electrons. The van der Waals surface area contributed by atoms with Crippen molar-refractivity contribution in [3.63, 3.8) is 0 Å². The summed E-state index contributed by atoms with van der Waals surface area (Å²) in [6.45, 7) is 7.02. The SMILES string of the molecule is COc1cc(N2CCC(N3CC[C@@H](O)C3)CC2)ccc1Nc1ncc(C(F)(F)F)c(NCc2cccc3c2C(C)(C)C(=O)N3)n1. The molecule has 6 rings (SSSR count). The summed E-state index contributed by atoms with van der Waals surface area (Å²) in [6.07, 6.45) is -1.32. The zero-order valence-corrected chi connectivity index (χ0v) is 25.5. The van der Waals surface area contributed by atoms with Crippen molar-refractivity contribution in [1.82, 2.24) is 14.9 Å². The number of piperidine rings is 1. The van der Waals surface area contributed by atoms with Crippen LogP contribution in [-0.4, -0.2) is 71.3 Å². The fraction of sp³-hybridized carbons (Fsp3) is 0.469. The first-order chi connectivity index (χ1) is 21.4. The van der Waals surface area contributed by atoms with Crippen LogP contribution in [0.5, 0.6) is 5.75 Å². The molecule has 0 saturated carbocycles. The highest BCUT2D eigenvalue weighted by Gasteiger charge is 2.40. The fourth-order valence-corrected chi connectivity index (χ4v) is 6.63. The Kier molecular flexibility index (Phi) is 8.25. The highest BCUT2D eigenvalue weighted by atomic mass is 19.4. The van der Waals surface area contributed by atoms with E-state index in [0.717, 1.165) is 62.9 Å². The molecule has 0 unspecified atom stereocenters. The lowest BCUT2D eigenvalue weighted by molar-refractivity contribution is -0.137. The minimum absolute atomic E-state index is 0.0220. The summed E-state index contributed by atoms with van der Waals surface area (Å²) in [6, 6.07) is 11.4. The second kappa shape index (κ2) is 12.0. The number of methoxy groups -OCH3 is 1. The van der Waals surface area contributed by atoms with E-state index in [1.54, 1.807) is 32.0 Å². The summed E-state index contributed by atoms with van der Waals surface area (Å²) in [5.41, 5.74) is 1.76. The minimum Gasteiger partial charge on any atom is -0.494 e. The molecule has 10 nitrogen and oxygen atoms in total. The third-order valence-corrected chi connectivity index (χ3v) is 9.10. The number of nitrogens with zero attached hydrogens (tertiary/aromatic N) is 4. The van der Waals surface area contributed by atoms with Crippen molar-refractivity contribution < 1.29 is 27.8 Å². The number of carbonyl (C=O) groups is 1. The number of β-amino-alcohol motifs (C(OH)–C–C–N with tert-alkyl or cyclic N) is 1. The van der Waals surface area contributed by atoms with E-state index in [9.17, 15) is 23.1 Å². The van der Waals surface area contributed by atoms with E-state index in [2.05, 4.69) is 35.7 Å². The fourth-order valence-electron chi connectivity index (χ4n) is 6.63. The molecule has 45 heavy (non-hydrogen) atoms. The van der Waals surface area contributed by atoms with E-state index in [1.807, 2.05) is 18.2 Å². The first kappa shape index (κ1) is 30.9. The van der Waals surface area contributed by atoms with E-state index in [0.29, 0.717) is 28.7 Å². The van der Waals surface area contributed by atoms with Gasteiger partial charge >= 0.3 is 6.18 Å². The third-order valence-electron chi connectivity index (χ3n) is 9.10. The smallest absolute Gasteiger partial charge is 0.421 e. The van der Waals surface area contributed by atoms with Gasteiger partial charge in [0.05, 0.1) is 24.3 Å². The normalized spacial score (nSPS) is 20.2. The van der Waals surface area contributed by atoms with Crippen LogP contribution in [0.15, 0.2) is 42.6 Å². The molecular formula is C32H38F3N7O3. The van der Waals surface area contributed by atoms with Crippen molar-refractivity contribution in [3.05, 3.63) is 59.3 Å². The first-order valence-electron chi connectivity index (χ1n) is 15.2. The van der Waals surface area contributed by atoms with E-state index in [4.69, 9.17) is 4.74 Å². The van der Waals surface area contributed by atoms with E-state index < -0.39 is 17.2 Å². The number of rotatable bonds is 8. The zero-order chi connectivity index (χ0) is 31.9. The zero-order valence-electron chi connectivity index (χ0n) is 25.5. The van der Waals surface area contributed by atoms with Crippen LogP contribution in [0.4, 0.5) is 42.0 Å². The molecule has 3 aromatic rings. The number of aromatic nitrogens is 2. The highest BCUT2D eigenvalue weighted by molar-refractivity contribution is 6.06. The molecular weight excluding hydrogens is 587 g/mol. The molecule has 2 saturated heterocycles. The van der Waals surface area contributed by atoms with Crippen molar-refractivity contribution in [2.75, 3.05) is 54.1 Å². The van der Waals surface area contributed by atoms with Gasteiger partial charge in [-0.1, -0.05) is 12.1 Å². The Balaban J connectivity index is 1.18. The molecule has 13 heteroatoms. The molecule has 3 aliphatic heterocycles. The molecule has 4 heterocycles. The highest BCUT2D eigenvalue weighted by Crippen LogP contribution is 2.41. The second-order valence-electron chi connectivity index (χ2n) is 12.4. The van der Waals surface area contributed by atoms with Gasteiger partial charge in [0.2, 0.25) is 11.9 Å². The number of halogens is 3. The molecule has 0 radical (unpaired) electrons. The molecule has 2 fully saturated rings. The van der Waals surface area contributed by atoms with Crippen LogP contribution in [0.1, 0.15) is 49.8 Å². The molecule has 3 aliphatic rings. The van der Waals surface area contributed by atoms with Gasteiger partial charge in [0.25, 0.3) is 0 Å². The lowest BCUT2D eigenvalue weighted by Gasteiger charge is -2.38. The maximum atomic E-state index is 14.0. The van der Waals surface area contributed by atoms with Gasteiger partial charge < -0.3 is 30.7 Å². The Morgan fingerprint density at radius 3 is 2.60 bits per heavy atom. The largest absolute Gasteiger partial charge is 0.494 e. The standard InChI is InChI=1S/C32H38F3N7O3/c1-31(2)27-19(5-4-6-25(27)38-29(31)44)16-36-28-23(32(33,34)35)17-37-30(40-28)39-24-8-7-21(15-26(24)45-3)41-12-9-20(10-13-41)42-14-11-22(43)18-42/h4-8,15,17,20,22,43H,9-14,16,18H2,1-3H3,(H,38,44)(H2,36,37,39,40)/t22-/m1/s1. The summed E-state index contributed by atoms with van der Waals surface area (Å²) >= 11 is 0. The monoisotopic (exact) mass is 625 g/mol. The van der Waals surface area contributed by atoms with Crippen LogP contribution in [-0.2, 0) is 22.9 Å². The van der Waals surface area contributed by atoms with Gasteiger partial charge in [-0.05, 0) is 62.4 Å². The number of aliphatic hydroxyl groups is 1. The number of hydrogen-bond acceptors (Lipinski definition) is 9. The summed E-state index contributed by atoms with van der Waals surface area (Å²) in [5, 5.41) is 18.6. The minimum atomic E-state index is -4.68. The number of nitrogens with one attached hydrogen (secondary N) is 3. The van der Waals surface area contributed by atoms with Crippen molar-refractivity contribution >= 4 is 34.7 Å². The van der Waals surface area contributed by atoms with Crippen LogP contribution in [0.3, 0.4) is 0 Å². The predicted molar refractivity (Wildman–Crippen MR) is 166 cm³/mol. The van der Waals surface area contributed by atoms with Crippen LogP contribution in [0.25, 0.3) is 0 Å². The summed E-state index contributed by atoms with van der Waals surface area (Å²) in [7, 11) is 1.54. The van der Waals surface area contributed by atoms with Gasteiger partial charge in [0.1, 0.15) is 17.1 Å². The summed E-state index contributed by atoms with van der Waals surface area (Å²) in [5.74, 6) is -0.0615. The Bertz CT molecular complexity index is 1570. The molecule has 1 amide bonds. The van der Waals surface area contributed by atoms with E-state index >= 15 is 0 Å². The molecule has 1 atom stereocenters. The quantitative estimate of drug-likeness (QED) is 0.271. The lowest BCUT2D eigenvalue weighted by Crippen LogP contribution is -2.44. The molecule has 0 spiro atoms. The van der Waals surface area contributed by atoms with E-state index in [-0.39, 0.29) is 30.3 Å². The Morgan fingerprint density at radius 2 is 1.91 bits per heavy atom. The van der Waals surface area contributed by atoms with Crippen molar-refractivity contribution in [1.29, 1.82) is 0 Å². The first-order valence-corrected chi connectivity index (χ1v) is 15.2. The maximum absolute atomic E-state index is 14.0. The van der Waals surface area contributed by atoms with Gasteiger partial charge in [-0.25, -0.2) is 4.98 Å². The molecule has 4 N–H and O–H groups in total. The average molecular weight is 626 g/mol. The van der Waals surface area contributed by atoms with Crippen molar-refractivity contribution in [2.24, 2.45) is 0 Å². The molecule has 0 aliphatic carbocycles. The van der Waals surface area contributed by atoms with Gasteiger partial charge in [-0.3, -0.25) is 9.69 Å². The van der Waals surface area contributed by atoms with Crippen molar-refractivity contribution in [2.45, 2.75) is 63.4 Å². The Labute approximate surface area is 260 Å². The van der Waals surface area contributed by atoms with Gasteiger partial charge in [0, 0.05) is 62.4 Å². The molecule has 1 aromatic heterocycles. The topological polar surface area (TPSA) is 115 Å². The number of anilines is 5. The number of fused-ring (bicyclic) bond motifs is 1. The Hall–Kier alpha value is -4.10. The number of benzene rings is 2. The van der Waals surface area contributed by atoms with Crippen LogP contribution < -0.4 is 25.6 Å².